The van der Waals surface area contributed by atoms with Crippen molar-refractivity contribution in [3.63, 3.8) is 0 Å². The lowest BCUT2D eigenvalue weighted by Crippen LogP contribution is -2.27. The highest BCUT2D eigenvalue weighted by atomic mass is 19.1. The summed E-state index contributed by atoms with van der Waals surface area (Å²) in [7, 11) is 0. The van der Waals surface area contributed by atoms with E-state index in [0.717, 1.165) is 0 Å². The van der Waals surface area contributed by atoms with Crippen LogP contribution >= 0.6 is 0 Å². The smallest absolute Gasteiger partial charge is 0.229 e. The Balaban J connectivity index is 2.81. The van der Waals surface area contributed by atoms with Crippen molar-refractivity contribution in [3.05, 3.63) is 24.0 Å². The van der Waals surface area contributed by atoms with Crippen molar-refractivity contribution in [3.8, 4) is 5.75 Å². The molecule has 17 heavy (non-hydrogen) atoms. The molecule has 0 aliphatic rings. The average molecular weight is 239 g/mol. The first-order valence-corrected chi connectivity index (χ1v) is 5.58. The number of ether oxygens (including phenoxy) is 1. The molecule has 1 aromatic carbocycles. The van der Waals surface area contributed by atoms with E-state index in [4.69, 9.17) is 4.74 Å². The number of halogens is 1. The molecule has 1 aromatic rings. The maximum absolute atomic E-state index is 13.5. The third-order valence-electron chi connectivity index (χ3n) is 2.17. The molecule has 0 fully saturated rings. The van der Waals surface area contributed by atoms with Gasteiger partial charge in [-0.1, -0.05) is 20.8 Å². The van der Waals surface area contributed by atoms with E-state index in [-0.39, 0.29) is 11.7 Å². The van der Waals surface area contributed by atoms with Crippen LogP contribution in [0.3, 0.4) is 0 Å². The molecule has 4 heteroatoms. The van der Waals surface area contributed by atoms with Crippen molar-refractivity contribution in [2.75, 3.05) is 11.9 Å². The molecular weight excluding hydrogens is 221 g/mol. The molecule has 0 saturated heterocycles. The quantitative estimate of drug-likeness (QED) is 0.879. The summed E-state index contributed by atoms with van der Waals surface area (Å²) in [6, 6.07) is 4.39. The highest BCUT2D eigenvalue weighted by Crippen LogP contribution is 2.23. The Hall–Kier alpha value is -1.58. The number of hydrogen-bond donors (Lipinski definition) is 1. The summed E-state index contributed by atoms with van der Waals surface area (Å²) in [6.07, 6.45) is 0. The van der Waals surface area contributed by atoms with Gasteiger partial charge in [0.05, 0.1) is 6.61 Å². The van der Waals surface area contributed by atoms with Crippen molar-refractivity contribution in [1.29, 1.82) is 0 Å². The Morgan fingerprint density at radius 3 is 2.53 bits per heavy atom. The van der Waals surface area contributed by atoms with Gasteiger partial charge in [0.15, 0.2) is 11.6 Å². The number of benzene rings is 1. The maximum atomic E-state index is 13.5. The number of hydrogen-bond acceptors (Lipinski definition) is 2. The third-order valence-corrected chi connectivity index (χ3v) is 2.17. The zero-order chi connectivity index (χ0) is 13.1. The van der Waals surface area contributed by atoms with Gasteiger partial charge in [-0.15, -0.1) is 0 Å². The second-order valence-electron chi connectivity index (χ2n) is 4.78. The molecule has 0 radical (unpaired) electrons. The second kappa shape index (κ2) is 5.17. The number of rotatable bonds is 3. The van der Waals surface area contributed by atoms with Crippen molar-refractivity contribution in [2.45, 2.75) is 27.7 Å². The van der Waals surface area contributed by atoms with Crippen LogP contribution in [0, 0.1) is 11.2 Å². The lowest BCUT2D eigenvalue weighted by Gasteiger charge is -2.17. The number of carbonyl (C=O) groups is 1. The standard InChI is InChI=1S/C13H18FNO2/c1-5-17-11-7-6-9(8-10(11)14)15-12(16)13(2,3)4/h6-8H,5H2,1-4H3,(H,15,16). The van der Waals surface area contributed by atoms with Crippen LogP contribution < -0.4 is 10.1 Å². The number of amides is 1. The normalized spacial score (nSPS) is 11.1. The fraction of sp³-hybridized carbons (Fsp3) is 0.462. The fourth-order valence-electron chi connectivity index (χ4n) is 1.17. The van der Waals surface area contributed by atoms with Crippen LogP contribution in [0.1, 0.15) is 27.7 Å². The van der Waals surface area contributed by atoms with Crippen LogP contribution in [-0.2, 0) is 4.79 Å². The molecule has 0 bridgehead atoms. The molecule has 3 nitrogen and oxygen atoms in total. The fourth-order valence-corrected chi connectivity index (χ4v) is 1.17. The molecule has 0 aromatic heterocycles. The molecule has 1 amide bonds. The number of carbonyl (C=O) groups excluding carboxylic acids is 1. The molecule has 0 atom stereocenters. The van der Waals surface area contributed by atoms with E-state index in [9.17, 15) is 9.18 Å². The summed E-state index contributed by atoms with van der Waals surface area (Å²) in [5.41, 5.74) is -0.0689. The lowest BCUT2D eigenvalue weighted by molar-refractivity contribution is -0.123. The van der Waals surface area contributed by atoms with Gasteiger partial charge in [-0.05, 0) is 19.1 Å². The van der Waals surface area contributed by atoms with E-state index < -0.39 is 11.2 Å². The highest BCUT2D eigenvalue weighted by molar-refractivity contribution is 5.94. The maximum Gasteiger partial charge on any atom is 0.229 e. The second-order valence-corrected chi connectivity index (χ2v) is 4.78. The Morgan fingerprint density at radius 1 is 1.41 bits per heavy atom. The molecule has 0 unspecified atom stereocenters. The van der Waals surface area contributed by atoms with E-state index in [1.54, 1.807) is 33.8 Å². The van der Waals surface area contributed by atoms with Gasteiger partial charge in [0, 0.05) is 17.2 Å². The summed E-state index contributed by atoms with van der Waals surface area (Å²) in [6.45, 7) is 7.59. The Bertz CT molecular complexity index is 410. The van der Waals surface area contributed by atoms with Gasteiger partial charge >= 0.3 is 0 Å². The van der Waals surface area contributed by atoms with Crippen LogP contribution in [0.4, 0.5) is 10.1 Å². The van der Waals surface area contributed by atoms with Gasteiger partial charge in [-0.3, -0.25) is 4.79 Å². The minimum Gasteiger partial charge on any atom is -0.491 e. The van der Waals surface area contributed by atoms with Gasteiger partial charge in [0.25, 0.3) is 0 Å². The molecule has 1 N–H and O–H groups in total. The van der Waals surface area contributed by atoms with Crippen LogP contribution in [0.2, 0.25) is 0 Å². The Morgan fingerprint density at radius 2 is 2.06 bits per heavy atom. The zero-order valence-electron chi connectivity index (χ0n) is 10.6. The predicted octanol–water partition coefficient (Wildman–Crippen LogP) is 3.21. The Kier molecular flexibility index (Phi) is 4.10. The van der Waals surface area contributed by atoms with Crippen LogP contribution in [0.25, 0.3) is 0 Å². The summed E-state index contributed by atoms with van der Waals surface area (Å²) in [5, 5.41) is 2.66. The molecule has 0 aliphatic carbocycles. The molecular formula is C13H18FNO2. The number of anilines is 1. The lowest BCUT2D eigenvalue weighted by atomic mass is 9.95. The largest absolute Gasteiger partial charge is 0.491 e. The average Bonchev–Trinajstić information content (AvgIpc) is 2.21. The molecule has 0 heterocycles. The summed E-state index contributed by atoms with van der Waals surface area (Å²) in [5.74, 6) is -0.430. The van der Waals surface area contributed by atoms with Gasteiger partial charge < -0.3 is 10.1 Å². The van der Waals surface area contributed by atoms with E-state index >= 15 is 0 Å². The van der Waals surface area contributed by atoms with Gasteiger partial charge in [-0.25, -0.2) is 4.39 Å². The van der Waals surface area contributed by atoms with E-state index in [0.29, 0.717) is 12.3 Å². The first-order chi connectivity index (χ1) is 7.84. The third kappa shape index (κ3) is 3.73. The van der Waals surface area contributed by atoms with Gasteiger partial charge in [0.2, 0.25) is 5.91 Å². The predicted molar refractivity (Wildman–Crippen MR) is 65.7 cm³/mol. The molecule has 0 spiro atoms. The van der Waals surface area contributed by atoms with Crippen molar-refractivity contribution in [2.24, 2.45) is 5.41 Å². The first kappa shape index (κ1) is 13.5. The molecule has 94 valence electrons. The monoisotopic (exact) mass is 239 g/mol. The van der Waals surface area contributed by atoms with Crippen molar-refractivity contribution < 1.29 is 13.9 Å². The van der Waals surface area contributed by atoms with E-state index in [1.807, 2.05) is 0 Å². The molecule has 1 rings (SSSR count). The molecule has 0 saturated carbocycles. The number of nitrogens with one attached hydrogen (secondary N) is 1. The molecule has 0 aliphatic heterocycles. The van der Waals surface area contributed by atoms with Crippen molar-refractivity contribution in [1.82, 2.24) is 0 Å². The van der Waals surface area contributed by atoms with E-state index in [1.165, 1.54) is 12.1 Å². The van der Waals surface area contributed by atoms with Crippen LogP contribution in [0.15, 0.2) is 18.2 Å². The summed E-state index contributed by atoms with van der Waals surface area (Å²) < 4.78 is 18.6. The topological polar surface area (TPSA) is 38.3 Å². The first-order valence-electron chi connectivity index (χ1n) is 5.58. The highest BCUT2D eigenvalue weighted by Gasteiger charge is 2.21. The summed E-state index contributed by atoms with van der Waals surface area (Å²) in [4.78, 5) is 11.7. The SMILES string of the molecule is CCOc1ccc(NC(=O)C(C)(C)C)cc1F. The minimum absolute atomic E-state index is 0.152. The van der Waals surface area contributed by atoms with Crippen LogP contribution in [-0.4, -0.2) is 12.5 Å². The summed E-state index contributed by atoms with van der Waals surface area (Å²) >= 11 is 0. The minimum atomic E-state index is -0.505. The van der Waals surface area contributed by atoms with E-state index in [2.05, 4.69) is 5.32 Å². The van der Waals surface area contributed by atoms with Gasteiger partial charge in [-0.2, -0.15) is 0 Å². The Labute approximate surface area is 101 Å². The van der Waals surface area contributed by atoms with Crippen molar-refractivity contribution >= 4 is 11.6 Å². The zero-order valence-corrected chi connectivity index (χ0v) is 10.6. The van der Waals surface area contributed by atoms with Gasteiger partial charge in [0.1, 0.15) is 0 Å². The van der Waals surface area contributed by atoms with Crippen LogP contribution in [0.5, 0.6) is 5.75 Å².